The van der Waals surface area contributed by atoms with Crippen LogP contribution in [0.15, 0.2) is 24.3 Å². The average molecular weight is 351 g/mol. The summed E-state index contributed by atoms with van der Waals surface area (Å²) < 4.78 is 0. The molecule has 0 unspecified atom stereocenters. The van der Waals surface area contributed by atoms with E-state index >= 15 is 0 Å². The summed E-state index contributed by atoms with van der Waals surface area (Å²) in [6, 6.07) is 6.80. The van der Waals surface area contributed by atoms with Crippen molar-refractivity contribution in [2.45, 2.75) is 19.8 Å². The number of hydrogen-bond donors (Lipinski definition) is 1. The number of rotatable bonds is 3. The number of nitrogens with one attached hydrogen (secondary N) is 1. The van der Waals surface area contributed by atoms with Crippen LogP contribution in [0.2, 0.25) is 10.0 Å². The molecule has 0 atom stereocenters. The second-order valence-electron chi connectivity index (χ2n) is 5.47. The van der Waals surface area contributed by atoms with Gasteiger partial charge in [0.25, 0.3) is 5.91 Å². The Hall–Kier alpha value is -1.85. The third-order valence-electron chi connectivity index (χ3n) is 3.59. The number of amides is 1. The van der Waals surface area contributed by atoms with Crippen molar-refractivity contribution in [1.29, 1.82) is 0 Å². The monoisotopic (exact) mass is 350 g/mol. The molecule has 1 aliphatic heterocycles. The van der Waals surface area contributed by atoms with Gasteiger partial charge in [-0.2, -0.15) is 0 Å². The van der Waals surface area contributed by atoms with Gasteiger partial charge in [-0.3, -0.25) is 4.79 Å². The molecule has 120 valence electrons. The van der Waals surface area contributed by atoms with E-state index in [0.717, 1.165) is 25.9 Å². The van der Waals surface area contributed by atoms with Crippen molar-refractivity contribution in [2.75, 3.05) is 18.4 Å². The number of aromatic nitrogens is 2. The number of benzene rings is 1. The first-order valence-electron chi connectivity index (χ1n) is 7.39. The summed E-state index contributed by atoms with van der Waals surface area (Å²) in [5, 5.41) is 4.18. The van der Waals surface area contributed by atoms with Gasteiger partial charge in [0.15, 0.2) is 0 Å². The number of halogens is 2. The molecule has 0 saturated carbocycles. The molecule has 2 heterocycles. The summed E-state index contributed by atoms with van der Waals surface area (Å²) in [5.41, 5.74) is 1.11. The van der Waals surface area contributed by atoms with Gasteiger partial charge in [0.2, 0.25) is 0 Å². The fraction of sp³-hybridized carbons (Fsp3) is 0.312. The molecule has 2 aromatic rings. The largest absolute Gasteiger partial charge is 0.340 e. The van der Waals surface area contributed by atoms with Crippen LogP contribution in [0.25, 0.3) is 0 Å². The van der Waals surface area contributed by atoms with E-state index in [1.165, 1.54) is 0 Å². The molecule has 1 aromatic carbocycles. The van der Waals surface area contributed by atoms with Crippen LogP contribution < -0.4 is 5.32 Å². The molecule has 1 saturated heterocycles. The number of aryl methyl sites for hydroxylation is 1. The lowest BCUT2D eigenvalue weighted by atomic mass is 10.3. The highest BCUT2D eigenvalue weighted by Crippen LogP contribution is 2.25. The zero-order valence-electron chi connectivity index (χ0n) is 12.6. The highest BCUT2D eigenvalue weighted by atomic mass is 35.5. The first-order valence-corrected chi connectivity index (χ1v) is 8.15. The first kappa shape index (κ1) is 16.0. The Morgan fingerprint density at radius 1 is 1.09 bits per heavy atom. The van der Waals surface area contributed by atoms with Gasteiger partial charge in [-0.25, -0.2) is 9.97 Å². The molecule has 0 bridgehead atoms. The van der Waals surface area contributed by atoms with Gasteiger partial charge in [-0.1, -0.05) is 23.2 Å². The molecule has 7 heteroatoms. The van der Waals surface area contributed by atoms with Crippen molar-refractivity contribution in [1.82, 2.24) is 14.9 Å². The fourth-order valence-corrected chi connectivity index (χ4v) is 3.12. The maximum atomic E-state index is 12.5. The summed E-state index contributed by atoms with van der Waals surface area (Å²) in [4.78, 5) is 22.9. The smallest absolute Gasteiger partial charge is 0.272 e. The second kappa shape index (κ2) is 6.72. The fourth-order valence-electron chi connectivity index (χ4n) is 2.60. The van der Waals surface area contributed by atoms with E-state index in [-0.39, 0.29) is 5.91 Å². The number of likely N-dealkylation sites (tertiary alicyclic amines) is 1. The Morgan fingerprint density at radius 3 is 2.39 bits per heavy atom. The van der Waals surface area contributed by atoms with Gasteiger partial charge in [0, 0.05) is 34.9 Å². The minimum absolute atomic E-state index is 0.0554. The minimum Gasteiger partial charge on any atom is -0.340 e. The number of hydrogen-bond acceptors (Lipinski definition) is 4. The molecule has 0 aliphatic carbocycles. The van der Waals surface area contributed by atoms with Crippen molar-refractivity contribution < 1.29 is 4.79 Å². The summed E-state index contributed by atoms with van der Waals surface area (Å²) in [6.45, 7) is 3.33. The summed E-state index contributed by atoms with van der Waals surface area (Å²) in [7, 11) is 0. The quantitative estimate of drug-likeness (QED) is 0.906. The van der Waals surface area contributed by atoms with Crippen molar-refractivity contribution >= 4 is 40.6 Å². The van der Waals surface area contributed by atoms with E-state index in [1.54, 1.807) is 31.2 Å². The molecule has 1 aromatic heterocycles. The molecular formula is C16H16Cl2N4O. The van der Waals surface area contributed by atoms with E-state index in [0.29, 0.717) is 33.1 Å². The first-order chi connectivity index (χ1) is 11.0. The van der Waals surface area contributed by atoms with Gasteiger partial charge in [-0.15, -0.1) is 0 Å². The molecule has 23 heavy (non-hydrogen) atoms. The number of carbonyl (C=O) groups is 1. The van der Waals surface area contributed by atoms with Crippen molar-refractivity contribution in [3.8, 4) is 0 Å². The van der Waals surface area contributed by atoms with Crippen molar-refractivity contribution in [3.05, 3.63) is 45.8 Å². The lowest BCUT2D eigenvalue weighted by molar-refractivity contribution is 0.0786. The van der Waals surface area contributed by atoms with Gasteiger partial charge in [-0.05, 0) is 38.0 Å². The topological polar surface area (TPSA) is 58.1 Å². The zero-order chi connectivity index (χ0) is 16.4. The van der Waals surface area contributed by atoms with E-state index < -0.39 is 0 Å². The molecule has 0 spiro atoms. The van der Waals surface area contributed by atoms with Gasteiger partial charge >= 0.3 is 0 Å². The normalized spacial score (nSPS) is 14.1. The zero-order valence-corrected chi connectivity index (χ0v) is 14.2. The van der Waals surface area contributed by atoms with Crippen LogP contribution in [-0.2, 0) is 0 Å². The number of anilines is 2. The lowest BCUT2D eigenvalue weighted by Crippen LogP contribution is -2.28. The third kappa shape index (κ3) is 3.92. The van der Waals surface area contributed by atoms with Crippen LogP contribution in [0.3, 0.4) is 0 Å². The third-order valence-corrected chi connectivity index (χ3v) is 4.02. The van der Waals surface area contributed by atoms with E-state index in [9.17, 15) is 4.79 Å². The molecule has 1 fully saturated rings. The molecule has 1 N–H and O–H groups in total. The van der Waals surface area contributed by atoms with Crippen LogP contribution >= 0.6 is 23.2 Å². The molecule has 5 nitrogen and oxygen atoms in total. The Kier molecular flexibility index (Phi) is 4.68. The van der Waals surface area contributed by atoms with Crippen LogP contribution in [-0.4, -0.2) is 33.9 Å². The van der Waals surface area contributed by atoms with E-state index in [4.69, 9.17) is 23.2 Å². The predicted molar refractivity (Wildman–Crippen MR) is 91.7 cm³/mol. The maximum absolute atomic E-state index is 12.5. The number of nitrogens with zero attached hydrogens (tertiary/aromatic N) is 3. The van der Waals surface area contributed by atoms with Crippen LogP contribution in [0.4, 0.5) is 11.5 Å². The van der Waals surface area contributed by atoms with Crippen LogP contribution in [0.5, 0.6) is 0 Å². The summed E-state index contributed by atoms with van der Waals surface area (Å²) in [6.07, 6.45) is 2.09. The second-order valence-corrected chi connectivity index (χ2v) is 6.34. The molecule has 0 radical (unpaired) electrons. The van der Waals surface area contributed by atoms with E-state index in [2.05, 4.69) is 15.3 Å². The Balaban J connectivity index is 1.86. The lowest BCUT2D eigenvalue weighted by Gasteiger charge is -2.15. The maximum Gasteiger partial charge on any atom is 0.272 e. The molecule has 1 aliphatic rings. The Bertz CT molecular complexity index is 725. The van der Waals surface area contributed by atoms with Crippen LogP contribution in [0, 0.1) is 6.92 Å². The Morgan fingerprint density at radius 2 is 1.74 bits per heavy atom. The van der Waals surface area contributed by atoms with Crippen LogP contribution in [0.1, 0.15) is 29.2 Å². The number of carbonyl (C=O) groups excluding carboxylic acids is 1. The summed E-state index contributed by atoms with van der Waals surface area (Å²) in [5.74, 6) is 1.02. The standard InChI is InChI=1S/C16H16Cl2N4O/c1-10-19-14(16(23)22-4-2-3-5-22)9-15(20-10)21-13-7-11(17)6-12(18)8-13/h6-9H,2-5H2,1H3,(H,19,20,21). The Labute approximate surface area is 144 Å². The van der Waals surface area contributed by atoms with Crippen molar-refractivity contribution in [2.24, 2.45) is 0 Å². The van der Waals surface area contributed by atoms with Gasteiger partial charge in [0.05, 0.1) is 0 Å². The van der Waals surface area contributed by atoms with Gasteiger partial charge < -0.3 is 10.2 Å². The minimum atomic E-state index is -0.0554. The SMILES string of the molecule is Cc1nc(Nc2cc(Cl)cc(Cl)c2)cc(C(=O)N2CCCC2)n1. The predicted octanol–water partition coefficient (Wildman–Crippen LogP) is 4.07. The molecular weight excluding hydrogens is 335 g/mol. The highest BCUT2D eigenvalue weighted by molar-refractivity contribution is 6.35. The van der Waals surface area contributed by atoms with E-state index in [1.807, 2.05) is 4.90 Å². The highest BCUT2D eigenvalue weighted by Gasteiger charge is 2.21. The van der Waals surface area contributed by atoms with Gasteiger partial charge in [0.1, 0.15) is 17.3 Å². The average Bonchev–Trinajstić information content (AvgIpc) is 2.98. The summed E-state index contributed by atoms with van der Waals surface area (Å²) >= 11 is 12.0. The molecule has 1 amide bonds. The van der Waals surface area contributed by atoms with Crippen molar-refractivity contribution in [3.63, 3.8) is 0 Å². The molecule has 3 rings (SSSR count).